The molecule has 1 amide bonds. The van der Waals surface area contributed by atoms with Gasteiger partial charge in [0.2, 0.25) is 0 Å². The molecule has 3 rings (SSSR count). The molecule has 0 saturated heterocycles. The average Bonchev–Trinajstić information content (AvgIpc) is 2.83. The Kier molecular flexibility index (Phi) is 7.37. The van der Waals surface area contributed by atoms with E-state index < -0.39 is 10.0 Å². The zero-order valence-electron chi connectivity index (χ0n) is 18.2. The fourth-order valence-corrected chi connectivity index (χ4v) is 4.27. The molecule has 3 aromatic rings. The predicted octanol–water partition coefficient (Wildman–Crippen LogP) is 3.78. The van der Waals surface area contributed by atoms with Crippen molar-refractivity contribution < 1.29 is 22.7 Å². The summed E-state index contributed by atoms with van der Waals surface area (Å²) in [5.41, 5.74) is 1.44. The molecule has 0 unspecified atom stereocenters. The van der Waals surface area contributed by atoms with E-state index in [1.165, 1.54) is 11.4 Å². The van der Waals surface area contributed by atoms with Crippen LogP contribution in [0.15, 0.2) is 83.8 Å². The third-order valence-corrected chi connectivity index (χ3v) is 6.76. The smallest absolute Gasteiger partial charge is 0.264 e. The van der Waals surface area contributed by atoms with Crippen LogP contribution in [0.5, 0.6) is 11.5 Å². The van der Waals surface area contributed by atoms with Gasteiger partial charge < -0.3 is 14.8 Å². The van der Waals surface area contributed by atoms with Crippen LogP contribution in [0.3, 0.4) is 0 Å². The first kappa shape index (κ1) is 23.1. The number of nitrogens with zero attached hydrogens (tertiary/aromatic N) is 1. The Hall–Kier alpha value is -3.52. The maximum Gasteiger partial charge on any atom is 0.264 e. The van der Waals surface area contributed by atoms with Gasteiger partial charge in [-0.1, -0.05) is 30.3 Å². The summed E-state index contributed by atoms with van der Waals surface area (Å²) < 4.78 is 37.3. The summed E-state index contributed by atoms with van der Waals surface area (Å²) in [6.45, 7) is 1.73. The summed E-state index contributed by atoms with van der Waals surface area (Å²) >= 11 is 0. The molecule has 0 spiro atoms. The molecule has 0 aliphatic carbocycles. The molecule has 1 atom stereocenters. The van der Waals surface area contributed by atoms with Crippen LogP contribution in [0.25, 0.3) is 0 Å². The van der Waals surface area contributed by atoms with Gasteiger partial charge in [-0.3, -0.25) is 9.10 Å². The van der Waals surface area contributed by atoms with Crippen molar-refractivity contribution in [1.82, 2.24) is 5.32 Å². The number of amides is 1. The molecular weight excluding hydrogens is 428 g/mol. The van der Waals surface area contributed by atoms with Gasteiger partial charge in [0.1, 0.15) is 11.5 Å². The fraction of sp³-hybridized carbons (Fsp3) is 0.208. The largest absolute Gasteiger partial charge is 0.497 e. The molecule has 168 valence electrons. The van der Waals surface area contributed by atoms with Gasteiger partial charge in [-0.25, -0.2) is 8.42 Å². The van der Waals surface area contributed by atoms with E-state index >= 15 is 0 Å². The number of benzene rings is 3. The van der Waals surface area contributed by atoms with E-state index in [1.54, 1.807) is 61.7 Å². The van der Waals surface area contributed by atoms with Crippen molar-refractivity contribution in [3.8, 4) is 11.5 Å². The van der Waals surface area contributed by atoms with E-state index in [2.05, 4.69) is 5.32 Å². The summed E-state index contributed by atoms with van der Waals surface area (Å²) in [5, 5.41) is 2.88. The van der Waals surface area contributed by atoms with Crippen molar-refractivity contribution in [2.75, 3.05) is 25.1 Å². The van der Waals surface area contributed by atoms with Gasteiger partial charge >= 0.3 is 0 Å². The first-order valence-corrected chi connectivity index (χ1v) is 11.5. The number of sulfonamides is 1. The molecule has 8 heteroatoms. The molecule has 0 aromatic heterocycles. The van der Waals surface area contributed by atoms with Gasteiger partial charge in [0.05, 0.1) is 23.7 Å². The van der Waals surface area contributed by atoms with Gasteiger partial charge in [0.15, 0.2) is 6.61 Å². The second-order valence-electron chi connectivity index (χ2n) is 7.13. The normalized spacial score (nSPS) is 12.0. The summed E-state index contributed by atoms with van der Waals surface area (Å²) in [4.78, 5) is 12.5. The summed E-state index contributed by atoms with van der Waals surface area (Å²) in [7, 11) is -0.561. The zero-order valence-corrected chi connectivity index (χ0v) is 19.0. The number of ether oxygens (including phenoxy) is 2. The highest BCUT2D eigenvalue weighted by atomic mass is 32.2. The lowest BCUT2D eigenvalue weighted by Gasteiger charge is -2.20. The quantitative estimate of drug-likeness (QED) is 0.532. The van der Waals surface area contributed by atoms with Crippen LogP contribution in [0.2, 0.25) is 0 Å². The van der Waals surface area contributed by atoms with Crippen molar-refractivity contribution in [3.63, 3.8) is 0 Å². The van der Waals surface area contributed by atoms with Gasteiger partial charge in [0, 0.05) is 7.05 Å². The van der Waals surface area contributed by atoms with Gasteiger partial charge in [-0.15, -0.1) is 0 Å². The Morgan fingerprint density at radius 1 is 0.938 bits per heavy atom. The number of carbonyl (C=O) groups excluding carboxylic acids is 1. The van der Waals surface area contributed by atoms with Crippen molar-refractivity contribution in [3.05, 3.63) is 84.4 Å². The number of rotatable bonds is 9. The molecule has 0 aliphatic heterocycles. The molecule has 0 bridgehead atoms. The van der Waals surface area contributed by atoms with E-state index in [0.29, 0.717) is 11.4 Å². The first-order chi connectivity index (χ1) is 15.3. The topological polar surface area (TPSA) is 84.9 Å². The summed E-state index contributed by atoms with van der Waals surface area (Å²) in [6, 6.07) is 22.0. The Morgan fingerprint density at radius 3 is 2.12 bits per heavy atom. The minimum Gasteiger partial charge on any atom is -0.497 e. The van der Waals surface area contributed by atoms with Crippen molar-refractivity contribution in [2.45, 2.75) is 17.9 Å². The Balaban J connectivity index is 1.55. The van der Waals surface area contributed by atoms with Crippen LogP contribution in [0, 0.1) is 0 Å². The van der Waals surface area contributed by atoms with Crippen molar-refractivity contribution in [2.24, 2.45) is 0 Å². The second kappa shape index (κ2) is 10.2. The van der Waals surface area contributed by atoms with E-state index in [9.17, 15) is 13.2 Å². The van der Waals surface area contributed by atoms with E-state index in [0.717, 1.165) is 11.3 Å². The molecule has 7 nitrogen and oxygen atoms in total. The lowest BCUT2D eigenvalue weighted by molar-refractivity contribution is -0.123. The molecule has 32 heavy (non-hydrogen) atoms. The lowest BCUT2D eigenvalue weighted by atomic mass is 10.1. The fourth-order valence-electron chi connectivity index (χ4n) is 3.05. The molecule has 0 fully saturated rings. The van der Waals surface area contributed by atoms with Crippen LogP contribution in [0.4, 0.5) is 5.69 Å². The van der Waals surface area contributed by atoms with Gasteiger partial charge in [0.25, 0.3) is 15.9 Å². The highest BCUT2D eigenvalue weighted by molar-refractivity contribution is 7.92. The predicted molar refractivity (Wildman–Crippen MR) is 124 cm³/mol. The van der Waals surface area contributed by atoms with E-state index in [-0.39, 0.29) is 23.5 Å². The Labute approximate surface area is 188 Å². The average molecular weight is 455 g/mol. The lowest BCUT2D eigenvalue weighted by Crippen LogP contribution is -2.31. The molecule has 1 N–H and O–H groups in total. The number of hydrogen-bond donors (Lipinski definition) is 1. The highest BCUT2D eigenvalue weighted by Crippen LogP contribution is 2.24. The summed E-state index contributed by atoms with van der Waals surface area (Å²) in [5.74, 6) is 0.953. The van der Waals surface area contributed by atoms with Gasteiger partial charge in [-0.2, -0.15) is 0 Å². The van der Waals surface area contributed by atoms with Crippen LogP contribution in [-0.4, -0.2) is 35.1 Å². The van der Waals surface area contributed by atoms with E-state index in [1.807, 2.05) is 31.2 Å². The SMILES string of the molecule is COc1ccc([C@H](C)NC(=O)COc2ccc(N(C)S(=O)(=O)c3ccccc3)cc2)cc1. The number of anilines is 1. The number of carbonyl (C=O) groups is 1. The van der Waals surface area contributed by atoms with Crippen LogP contribution >= 0.6 is 0 Å². The molecule has 3 aromatic carbocycles. The third-order valence-electron chi connectivity index (χ3n) is 4.97. The molecule has 0 heterocycles. The standard InChI is InChI=1S/C24H26N2O5S/c1-18(19-9-13-21(30-3)14-10-19)25-24(27)17-31-22-15-11-20(12-16-22)26(2)32(28,29)23-7-5-4-6-8-23/h4-16,18H,17H2,1-3H3,(H,25,27)/t18-/m0/s1. The zero-order chi connectivity index (χ0) is 23.1. The molecular formula is C24H26N2O5S. The Morgan fingerprint density at radius 2 is 1.53 bits per heavy atom. The van der Waals surface area contributed by atoms with Crippen LogP contribution < -0.4 is 19.1 Å². The molecule has 0 aliphatic rings. The monoisotopic (exact) mass is 454 g/mol. The number of methoxy groups -OCH3 is 1. The van der Waals surface area contributed by atoms with E-state index in [4.69, 9.17) is 9.47 Å². The Bertz CT molecular complexity index is 1130. The van der Waals surface area contributed by atoms with Crippen LogP contribution in [0.1, 0.15) is 18.5 Å². The summed E-state index contributed by atoms with van der Waals surface area (Å²) in [6.07, 6.45) is 0. The second-order valence-corrected chi connectivity index (χ2v) is 9.10. The minimum atomic E-state index is -3.65. The maximum absolute atomic E-state index is 12.7. The van der Waals surface area contributed by atoms with Crippen molar-refractivity contribution in [1.29, 1.82) is 0 Å². The van der Waals surface area contributed by atoms with Crippen molar-refractivity contribution >= 4 is 21.6 Å². The number of nitrogens with one attached hydrogen (secondary N) is 1. The number of hydrogen-bond acceptors (Lipinski definition) is 5. The maximum atomic E-state index is 12.7. The molecule has 0 saturated carbocycles. The van der Waals surface area contributed by atoms with Crippen LogP contribution in [-0.2, 0) is 14.8 Å². The first-order valence-electron chi connectivity index (χ1n) is 10.0. The van der Waals surface area contributed by atoms with Gasteiger partial charge in [-0.05, 0) is 61.0 Å². The molecule has 0 radical (unpaired) electrons. The third kappa shape index (κ3) is 5.59. The highest BCUT2D eigenvalue weighted by Gasteiger charge is 2.20. The minimum absolute atomic E-state index is 0.155.